The van der Waals surface area contributed by atoms with Crippen LogP contribution in [0.4, 0.5) is 5.69 Å². The molecule has 3 aromatic rings. The molecule has 2 aliphatic heterocycles. The molecule has 0 atom stereocenters. The van der Waals surface area contributed by atoms with Gasteiger partial charge in [-0.05, 0) is 55.5 Å². The highest BCUT2D eigenvalue weighted by molar-refractivity contribution is 8.14. The molecule has 4 nitrogen and oxygen atoms in total. The van der Waals surface area contributed by atoms with Crippen LogP contribution < -0.4 is 10.5 Å². The summed E-state index contributed by atoms with van der Waals surface area (Å²) in [6.45, 7) is 2.18. The van der Waals surface area contributed by atoms with Gasteiger partial charge in [0.25, 0.3) is 0 Å². The van der Waals surface area contributed by atoms with Crippen molar-refractivity contribution in [2.24, 2.45) is 0 Å². The molecule has 5 rings (SSSR count). The largest absolute Gasteiger partial charge is 0.422 e. The number of benzene rings is 2. The lowest BCUT2D eigenvalue weighted by atomic mass is 9.90. The Morgan fingerprint density at radius 1 is 1.07 bits per heavy atom. The Hall–Kier alpha value is -2.53. The summed E-state index contributed by atoms with van der Waals surface area (Å²) in [6.07, 6.45) is 4.28. The monoisotopic (exact) mass is 376 g/mol. The summed E-state index contributed by atoms with van der Waals surface area (Å²) in [6, 6.07) is 13.7. The van der Waals surface area contributed by atoms with Gasteiger partial charge in [0, 0.05) is 34.6 Å². The van der Waals surface area contributed by atoms with Crippen LogP contribution in [0, 0.1) is 5.41 Å². The van der Waals surface area contributed by atoms with Crippen molar-refractivity contribution >= 4 is 33.5 Å². The second-order valence-electron chi connectivity index (χ2n) is 7.17. The SMILES string of the molecule is N=C(Sc1ccccc1)c1cc2cc3c4c(c2oc1=O)CCCN4CCC3. The smallest absolute Gasteiger partial charge is 0.346 e. The second kappa shape index (κ2) is 6.57. The Bertz CT molecular complexity index is 1100. The molecule has 136 valence electrons. The summed E-state index contributed by atoms with van der Waals surface area (Å²) >= 11 is 1.28. The van der Waals surface area contributed by atoms with E-state index in [0.29, 0.717) is 11.1 Å². The van der Waals surface area contributed by atoms with E-state index in [-0.39, 0.29) is 5.04 Å². The van der Waals surface area contributed by atoms with Crippen LogP contribution in [0.25, 0.3) is 11.0 Å². The minimum atomic E-state index is -0.417. The van der Waals surface area contributed by atoms with Gasteiger partial charge in [-0.25, -0.2) is 4.79 Å². The number of thioether (sulfide) groups is 1. The number of nitrogens with one attached hydrogen (secondary N) is 1. The number of rotatable bonds is 2. The van der Waals surface area contributed by atoms with Crippen LogP contribution >= 0.6 is 11.8 Å². The summed E-state index contributed by atoms with van der Waals surface area (Å²) in [4.78, 5) is 16.1. The minimum absolute atomic E-state index is 0.227. The van der Waals surface area contributed by atoms with E-state index in [0.717, 1.165) is 42.6 Å². The van der Waals surface area contributed by atoms with Crippen molar-refractivity contribution in [3.8, 4) is 0 Å². The van der Waals surface area contributed by atoms with Crippen LogP contribution in [-0.4, -0.2) is 18.1 Å². The average molecular weight is 376 g/mol. The highest BCUT2D eigenvalue weighted by Gasteiger charge is 2.27. The van der Waals surface area contributed by atoms with Gasteiger partial charge in [0.15, 0.2) is 0 Å². The van der Waals surface area contributed by atoms with Gasteiger partial charge >= 0.3 is 5.63 Å². The Morgan fingerprint density at radius 3 is 2.67 bits per heavy atom. The van der Waals surface area contributed by atoms with E-state index in [2.05, 4.69) is 11.0 Å². The lowest BCUT2D eigenvalue weighted by molar-refractivity contribution is 0.548. The van der Waals surface area contributed by atoms with Crippen molar-refractivity contribution in [1.82, 2.24) is 0 Å². The van der Waals surface area contributed by atoms with Gasteiger partial charge < -0.3 is 9.32 Å². The fourth-order valence-corrected chi connectivity index (χ4v) is 5.05. The second-order valence-corrected chi connectivity index (χ2v) is 8.25. The Morgan fingerprint density at radius 2 is 1.85 bits per heavy atom. The fourth-order valence-electron chi connectivity index (χ4n) is 4.27. The molecule has 2 aromatic carbocycles. The van der Waals surface area contributed by atoms with E-state index < -0.39 is 5.63 Å². The molecule has 1 N–H and O–H groups in total. The molecule has 0 fully saturated rings. The van der Waals surface area contributed by atoms with E-state index in [1.54, 1.807) is 0 Å². The molecule has 1 aromatic heterocycles. The zero-order valence-corrected chi connectivity index (χ0v) is 15.8. The van der Waals surface area contributed by atoms with Crippen LogP contribution in [-0.2, 0) is 12.8 Å². The third kappa shape index (κ3) is 2.86. The zero-order valence-electron chi connectivity index (χ0n) is 15.0. The molecule has 0 saturated heterocycles. The Labute approximate surface area is 161 Å². The molecule has 5 heteroatoms. The summed E-state index contributed by atoms with van der Waals surface area (Å²) in [7, 11) is 0. The van der Waals surface area contributed by atoms with Crippen molar-refractivity contribution in [3.05, 3.63) is 69.6 Å². The molecule has 27 heavy (non-hydrogen) atoms. The predicted octanol–water partition coefficient (Wildman–Crippen LogP) is 4.61. The highest BCUT2D eigenvalue weighted by Crippen LogP contribution is 2.39. The van der Waals surface area contributed by atoms with Crippen LogP contribution in [0.2, 0.25) is 0 Å². The Kier molecular flexibility index (Phi) is 4.05. The zero-order chi connectivity index (χ0) is 18.4. The summed E-state index contributed by atoms with van der Waals surface area (Å²) < 4.78 is 5.79. The van der Waals surface area contributed by atoms with Crippen LogP contribution in [0.3, 0.4) is 0 Å². The first-order chi connectivity index (χ1) is 13.2. The average Bonchev–Trinajstić information content (AvgIpc) is 2.69. The maximum Gasteiger partial charge on any atom is 0.346 e. The number of nitrogens with zero attached hydrogens (tertiary/aromatic N) is 1. The fraction of sp³-hybridized carbons (Fsp3) is 0.273. The summed E-state index contributed by atoms with van der Waals surface area (Å²) in [5, 5.41) is 9.58. The maximum absolute atomic E-state index is 12.7. The third-order valence-corrected chi connectivity index (χ3v) is 6.36. The van der Waals surface area contributed by atoms with E-state index in [4.69, 9.17) is 9.83 Å². The predicted molar refractivity (Wildman–Crippen MR) is 110 cm³/mol. The number of aryl methyl sites for hydroxylation is 2. The normalized spacial score (nSPS) is 15.6. The third-order valence-electron chi connectivity index (χ3n) is 5.42. The van der Waals surface area contributed by atoms with Gasteiger partial charge in [-0.1, -0.05) is 30.0 Å². The van der Waals surface area contributed by atoms with E-state index in [9.17, 15) is 4.79 Å². The molecule has 0 amide bonds. The maximum atomic E-state index is 12.7. The number of fused-ring (bicyclic) bond motifs is 2. The van der Waals surface area contributed by atoms with Crippen molar-refractivity contribution in [2.45, 2.75) is 30.6 Å². The Balaban J connectivity index is 1.62. The van der Waals surface area contributed by atoms with E-state index >= 15 is 0 Å². The van der Waals surface area contributed by atoms with Crippen molar-refractivity contribution in [1.29, 1.82) is 5.41 Å². The number of hydrogen-bond acceptors (Lipinski definition) is 5. The van der Waals surface area contributed by atoms with Gasteiger partial charge in [0.2, 0.25) is 0 Å². The molecule has 2 aliphatic rings. The van der Waals surface area contributed by atoms with Crippen molar-refractivity contribution in [2.75, 3.05) is 18.0 Å². The molecule has 0 aliphatic carbocycles. The molecule has 0 saturated carbocycles. The molecular weight excluding hydrogens is 356 g/mol. The van der Waals surface area contributed by atoms with E-state index in [1.165, 1.54) is 35.0 Å². The highest BCUT2D eigenvalue weighted by atomic mass is 32.2. The lowest BCUT2D eigenvalue weighted by Gasteiger charge is -2.37. The topological polar surface area (TPSA) is 57.3 Å². The molecule has 0 unspecified atom stereocenters. The van der Waals surface area contributed by atoms with Gasteiger partial charge in [-0.2, -0.15) is 0 Å². The van der Waals surface area contributed by atoms with Gasteiger partial charge in [0.1, 0.15) is 10.6 Å². The first kappa shape index (κ1) is 16.6. The molecule has 0 bridgehead atoms. The van der Waals surface area contributed by atoms with Crippen LogP contribution in [0.15, 0.2) is 56.6 Å². The van der Waals surface area contributed by atoms with Gasteiger partial charge in [-0.3, -0.25) is 5.41 Å². The minimum Gasteiger partial charge on any atom is -0.422 e. The first-order valence-corrected chi connectivity index (χ1v) is 10.2. The van der Waals surface area contributed by atoms with Gasteiger partial charge in [0.05, 0.1) is 5.56 Å². The number of hydrogen-bond donors (Lipinski definition) is 1. The molecule has 3 heterocycles. The van der Waals surface area contributed by atoms with Crippen molar-refractivity contribution in [3.63, 3.8) is 0 Å². The van der Waals surface area contributed by atoms with Gasteiger partial charge in [-0.15, -0.1) is 0 Å². The standard InChI is InChI=1S/C22H20N2O2S/c23-21(27-16-7-2-1-3-8-16)18-13-15-12-14-6-4-10-24-11-5-9-17(19(14)24)20(15)26-22(18)25/h1-3,7-8,12-13,23H,4-6,9-11H2. The molecular formula is C22H20N2O2S. The van der Waals surface area contributed by atoms with Crippen LogP contribution in [0.1, 0.15) is 29.5 Å². The first-order valence-electron chi connectivity index (χ1n) is 9.40. The molecule has 0 radical (unpaired) electrons. The van der Waals surface area contributed by atoms with E-state index in [1.807, 2.05) is 36.4 Å². The quantitative estimate of drug-likeness (QED) is 0.307. The summed E-state index contributed by atoms with van der Waals surface area (Å²) in [5.74, 6) is 0. The van der Waals surface area contributed by atoms with Crippen LogP contribution in [0.5, 0.6) is 0 Å². The number of anilines is 1. The van der Waals surface area contributed by atoms with Crippen molar-refractivity contribution < 1.29 is 4.42 Å². The summed E-state index contributed by atoms with van der Waals surface area (Å²) in [5.41, 5.74) is 4.47. The lowest BCUT2D eigenvalue weighted by Crippen LogP contribution is -2.34. The molecule has 0 spiro atoms.